The molecule has 0 N–H and O–H groups in total. The van der Waals surface area contributed by atoms with E-state index in [1.54, 1.807) is 13.8 Å². The Morgan fingerprint density at radius 2 is 1.71 bits per heavy atom. The summed E-state index contributed by atoms with van der Waals surface area (Å²) in [6.07, 6.45) is 5.13. The summed E-state index contributed by atoms with van der Waals surface area (Å²) in [6.45, 7) is 4.27. The van der Waals surface area contributed by atoms with Gasteiger partial charge in [-0.3, -0.25) is 9.59 Å². The average Bonchev–Trinajstić information content (AvgIpc) is 2.80. The lowest BCUT2D eigenvalue weighted by molar-refractivity contribution is -0.162. The van der Waals surface area contributed by atoms with Crippen LogP contribution in [-0.4, -0.2) is 25.2 Å². The number of ether oxygens (including phenoxy) is 2. The molecule has 4 heteroatoms. The van der Waals surface area contributed by atoms with Gasteiger partial charge in [-0.1, -0.05) is 19.8 Å². The van der Waals surface area contributed by atoms with Crippen molar-refractivity contribution < 1.29 is 19.1 Å². The first-order valence-corrected chi connectivity index (χ1v) is 6.52. The Morgan fingerprint density at radius 3 is 2.24 bits per heavy atom. The maximum absolute atomic E-state index is 11.7. The summed E-state index contributed by atoms with van der Waals surface area (Å²) in [5, 5.41) is 0. The van der Waals surface area contributed by atoms with Crippen LogP contribution in [0.25, 0.3) is 0 Å². The van der Waals surface area contributed by atoms with Gasteiger partial charge in [0.1, 0.15) is 0 Å². The van der Waals surface area contributed by atoms with Gasteiger partial charge in [-0.2, -0.15) is 0 Å². The second-order valence-corrected chi connectivity index (χ2v) is 4.49. The van der Waals surface area contributed by atoms with Crippen molar-refractivity contribution in [2.45, 2.75) is 46.0 Å². The van der Waals surface area contributed by atoms with Gasteiger partial charge in [-0.05, 0) is 32.1 Å². The molecular weight excluding hydrogens is 220 g/mol. The molecule has 1 atom stereocenters. The molecule has 0 aromatic heterocycles. The van der Waals surface area contributed by atoms with Gasteiger partial charge in [0, 0.05) is 0 Å². The summed E-state index contributed by atoms with van der Waals surface area (Å²) in [5.41, 5.74) is 0. The fourth-order valence-corrected chi connectivity index (χ4v) is 2.15. The Hall–Kier alpha value is -1.06. The van der Waals surface area contributed by atoms with Gasteiger partial charge in [0.15, 0.2) is 5.92 Å². The minimum Gasteiger partial charge on any atom is -0.465 e. The predicted molar refractivity (Wildman–Crippen MR) is 63.3 cm³/mol. The summed E-state index contributed by atoms with van der Waals surface area (Å²) in [5.74, 6) is -1.17. The van der Waals surface area contributed by atoms with Crippen LogP contribution in [0.15, 0.2) is 0 Å². The molecule has 1 aliphatic rings. The molecule has 0 aromatic carbocycles. The fourth-order valence-electron chi connectivity index (χ4n) is 2.15. The molecule has 1 fully saturated rings. The number of carbonyl (C=O) groups excluding carboxylic acids is 2. The van der Waals surface area contributed by atoms with E-state index < -0.39 is 17.9 Å². The molecule has 0 bridgehead atoms. The van der Waals surface area contributed by atoms with Gasteiger partial charge >= 0.3 is 11.9 Å². The Morgan fingerprint density at radius 1 is 1.12 bits per heavy atom. The van der Waals surface area contributed by atoms with Crippen LogP contribution in [0.3, 0.4) is 0 Å². The number of rotatable bonds is 6. The minimum atomic E-state index is -0.753. The lowest BCUT2D eigenvalue weighted by atomic mass is 10.1. The molecule has 1 rings (SSSR count). The summed E-state index contributed by atoms with van der Waals surface area (Å²) in [4.78, 5) is 23.2. The Kier molecular flexibility index (Phi) is 6.01. The van der Waals surface area contributed by atoms with E-state index in [2.05, 4.69) is 0 Å². The highest BCUT2D eigenvalue weighted by Crippen LogP contribution is 2.25. The van der Waals surface area contributed by atoms with Crippen molar-refractivity contribution in [2.24, 2.45) is 11.8 Å². The highest BCUT2D eigenvalue weighted by molar-refractivity contribution is 5.94. The third-order valence-corrected chi connectivity index (χ3v) is 3.20. The van der Waals surface area contributed by atoms with Crippen molar-refractivity contribution in [2.75, 3.05) is 13.2 Å². The molecule has 0 aromatic rings. The molecule has 0 amide bonds. The molecule has 4 nitrogen and oxygen atoms in total. The molecule has 0 heterocycles. The normalized spacial score (nSPS) is 17.8. The maximum Gasteiger partial charge on any atom is 0.320 e. The van der Waals surface area contributed by atoms with Gasteiger partial charge in [0.2, 0.25) is 0 Å². The van der Waals surface area contributed by atoms with E-state index in [1.165, 1.54) is 12.8 Å². The van der Waals surface area contributed by atoms with E-state index >= 15 is 0 Å². The lowest BCUT2D eigenvalue weighted by Gasteiger charge is -2.15. The van der Waals surface area contributed by atoms with Crippen molar-refractivity contribution in [1.82, 2.24) is 0 Å². The molecule has 17 heavy (non-hydrogen) atoms. The van der Waals surface area contributed by atoms with Gasteiger partial charge in [0.25, 0.3) is 0 Å². The van der Waals surface area contributed by atoms with Crippen molar-refractivity contribution in [3.8, 4) is 0 Å². The van der Waals surface area contributed by atoms with E-state index in [1.807, 2.05) is 0 Å². The van der Waals surface area contributed by atoms with Crippen LogP contribution in [-0.2, 0) is 19.1 Å². The Balaban J connectivity index is 2.34. The van der Waals surface area contributed by atoms with Crippen LogP contribution in [0, 0.1) is 11.8 Å². The molecule has 98 valence electrons. The van der Waals surface area contributed by atoms with Crippen molar-refractivity contribution in [1.29, 1.82) is 0 Å². The smallest absolute Gasteiger partial charge is 0.320 e. The zero-order chi connectivity index (χ0) is 12.7. The van der Waals surface area contributed by atoms with E-state index in [0.717, 1.165) is 12.8 Å². The predicted octanol–water partition coefficient (Wildman–Crippen LogP) is 2.31. The first kappa shape index (κ1) is 14.0. The third kappa shape index (κ3) is 4.36. The standard InChI is InChI=1S/C13H22O4/c1-3-11(12(14)16-4-2)13(15)17-9-10-7-5-6-8-10/h10-11H,3-9H2,1-2H3. The Bertz CT molecular complexity index is 256. The minimum absolute atomic E-state index is 0.297. The monoisotopic (exact) mass is 242 g/mol. The molecule has 1 aliphatic carbocycles. The van der Waals surface area contributed by atoms with Crippen LogP contribution in [0.4, 0.5) is 0 Å². The summed E-state index contributed by atoms with van der Waals surface area (Å²) in [7, 11) is 0. The second-order valence-electron chi connectivity index (χ2n) is 4.49. The van der Waals surface area contributed by atoms with Crippen LogP contribution in [0.2, 0.25) is 0 Å². The number of esters is 2. The molecule has 0 saturated heterocycles. The van der Waals surface area contributed by atoms with Crippen molar-refractivity contribution >= 4 is 11.9 Å². The zero-order valence-corrected chi connectivity index (χ0v) is 10.7. The van der Waals surface area contributed by atoms with Crippen molar-refractivity contribution in [3.05, 3.63) is 0 Å². The van der Waals surface area contributed by atoms with Gasteiger partial charge < -0.3 is 9.47 Å². The third-order valence-electron chi connectivity index (χ3n) is 3.20. The van der Waals surface area contributed by atoms with E-state index in [0.29, 0.717) is 25.6 Å². The second kappa shape index (κ2) is 7.30. The Labute approximate surface area is 103 Å². The van der Waals surface area contributed by atoms with Crippen molar-refractivity contribution in [3.63, 3.8) is 0 Å². The first-order chi connectivity index (χ1) is 8.19. The molecule has 0 aliphatic heterocycles. The molecular formula is C13H22O4. The summed E-state index contributed by atoms with van der Waals surface area (Å²) >= 11 is 0. The lowest BCUT2D eigenvalue weighted by Crippen LogP contribution is -2.28. The average molecular weight is 242 g/mol. The van der Waals surface area contributed by atoms with Crippen LogP contribution in [0.5, 0.6) is 0 Å². The van der Waals surface area contributed by atoms with Gasteiger partial charge in [-0.15, -0.1) is 0 Å². The highest BCUT2D eigenvalue weighted by atomic mass is 16.6. The topological polar surface area (TPSA) is 52.6 Å². The number of hydrogen-bond acceptors (Lipinski definition) is 4. The largest absolute Gasteiger partial charge is 0.465 e. The molecule has 0 radical (unpaired) electrons. The van der Waals surface area contributed by atoms with E-state index in [4.69, 9.17) is 9.47 Å². The van der Waals surface area contributed by atoms with Gasteiger partial charge in [-0.25, -0.2) is 0 Å². The van der Waals surface area contributed by atoms with Crippen LogP contribution in [0.1, 0.15) is 46.0 Å². The zero-order valence-electron chi connectivity index (χ0n) is 10.7. The number of hydrogen-bond donors (Lipinski definition) is 0. The quantitative estimate of drug-likeness (QED) is 0.530. The van der Waals surface area contributed by atoms with Crippen LogP contribution >= 0.6 is 0 Å². The summed E-state index contributed by atoms with van der Waals surface area (Å²) in [6, 6.07) is 0. The fraction of sp³-hybridized carbons (Fsp3) is 0.846. The molecule has 1 unspecified atom stereocenters. The maximum atomic E-state index is 11.7. The van der Waals surface area contributed by atoms with E-state index in [-0.39, 0.29) is 0 Å². The van der Waals surface area contributed by atoms with Crippen LogP contribution < -0.4 is 0 Å². The SMILES string of the molecule is CCOC(=O)C(CC)C(=O)OCC1CCCC1. The number of carbonyl (C=O) groups is 2. The molecule has 1 saturated carbocycles. The first-order valence-electron chi connectivity index (χ1n) is 6.52. The molecule has 0 spiro atoms. The summed E-state index contributed by atoms with van der Waals surface area (Å²) < 4.78 is 10.1. The highest BCUT2D eigenvalue weighted by Gasteiger charge is 2.28. The van der Waals surface area contributed by atoms with E-state index in [9.17, 15) is 9.59 Å². The van der Waals surface area contributed by atoms with Gasteiger partial charge in [0.05, 0.1) is 13.2 Å².